The zero-order valence-corrected chi connectivity index (χ0v) is 11.1. The second kappa shape index (κ2) is 5.62. The Morgan fingerprint density at radius 2 is 2.00 bits per heavy atom. The molecule has 0 aliphatic carbocycles. The number of nitrogens with one attached hydrogen (secondary N) is 1. The summed E-state index contributed by atoms with van der Waals surface area (Å²) >= 11 is 0. The third-order valence-corrected chi connectivity index (χ3v) is 3.11. The van der Waals surface area contributed by atoms with Gasteiger partial charge in [-0.3, -0.25) is 0 Å². The van der Waals surface area contributed by atoms with E-state index in [0.717, 1.165) is 11.4 Å². The lowest BCUT2D eigenvalue weighted by atomic mass is 10.2. The number of aromatic nitrogens is 3. The minimum atomic E-state index is -0.626. The number of hydrogen-bond acceptors (Lipinski definition) is 4. The molecule has 0 amide bonds. The minimum Gasteiger partial charge on any atom is -0.505 e. The van der Waals surface area contributed by atoms with Crippen molar-refractivity contribution in [1.29, 1.82) is 0 Å². The average Bonchev–Trinajstić information content (AvgIpc) is 3.03. The van der Waals surface area contributed by atoms with Crippen molar-refractivity contribution in [3.8, 4) is 11.4 Å². The van der Waals surface area contributed by atoms with Crippen molar-refractivity contribution in [2.45, 2.75) is 6.54 Å². The highest BCUT2D eigenvalue weighted by Gasteiger charge is 2.08. The molecule has 3 aromatic rings. The number of anilines is 1. The van der Waals surface area contributed by atoms with E-state index in [4.69, 9.17) is 0 Å². The number of para-hydroxylation sites is 3. The van der Waals surface area contributed by atoms with Gasteiger partial charge in [0.1, 0.15) is 0 Å². The molecule has 6 heteroatoms. The maximum absolute atomic E-state index is 13.3. The summed E-state index contributed by atoms with van der Waals surface area (Å²) in [6.07, 6.45) is 3.33. The van der Waals surface area contributed by atoms with E-state index < -0.39 is 5.82 Å². The van der Waals surface area contributed by atoms with E-state index >= 15 is 0 Å². The number of rotatable bonds is 4. The van der Waals surface area contributed by atoms with E-state index in [2.05, 4.69) is 15.6 Å². The molecule has 1 heterocycles. The van der Waals surface area contributed by atoms with Crippen LogP contribution in [0.1, 0.15) is 5.56 Å². The third-order valence-electron chi connectivity index (χ3n) is 3.11. The monoisotopic (exact) mass is 284 g/mol. The molecule has 0 saturated carbocycles. The van der Waals surface area contributed by atoms with Crippen LogP contribution in [0.2, 0.25) is 0 Å². The van der Waals surface area contributed by atoms with Crippen molar-refractivity contribution < 1.29 is 9.50 Å². The minimum absolute atomic E-state index is 0.301. The molecule has 2 aromatic carbocycles. The number of benzene rings is 2. The van der Waals surface area contributed by atoms with Crippen LogP contribution >= 0.6 is 0 Å². The molecule has 0 saturated heterocycles. The molecule has 0 fully saturated rings. The van der Waals surface area contributed by atoms with E-state index in [-0.39, 0.29) is 5.75 Å². The Morgan fingerprint density at radius 3 is 2.81 bits per heavy atom. The molecule has 0 radical (unpaired) electrons. The molecule has 2 N–H and O–H groups in total. The van der Waals surface area contributed by atoms with Gasteiger partial charge in [0.2, 0.25) is 0 Å². The molecule has 106 valence electrons. The summed E-state index contributed by atoms with van der Waals surface area (Å²) in [7, 11) is 0. The van der Waals surface area contributed by atoms with E-state index in [9.17, 15) is 9.50 Å². The molecular formula is C15H13FN4O. The van der Waals surface area contributed by atoms with Gasteiger partial charge >= 0.3 is 0 Å². The lowest BCUT2D eigenvalue weighted by Crippen LogP contribution is -2.05. The van der Waals surface area contributed by atoms with Gasteiger partial charge in [0.25, 0.3) is 0 Å². The maximum atomic E-state index is 13.3. The second-order valence-corrected chi connectivity index (χ2v) is 4.47. The fraction of sp³-hybridized carbons (Fsp3) is 0.0667. The van der Waals surface area contributed by atoms with Gasteiger partial charge in [0, 0.05) is 12.1 Å². The summed E-state index contributed by atoms with van der Waals surface area (Å²) in [5.41, 5.74) is 2.13. The first kappa shape index (κ1) is 13.1. The van der Waals surface area contributed by atoms with Crippen LogP contribution < -0.4 is 5.32 Å². The summed E-state index contributed by atoms with van der Waals surface area (Å²) in [5.74, 6) is -0.956. The lowest BCUT2D eigenvalue weighted by molar-refractivity contribution is 0.427. The number of phenols is 1. The van der Waals surface area contributed by atoms with Crippen molar-refractivity contribution >= 4 is 5.69 Å². The summed E-state index contributed by atoms with van der Waals surface area (Å²) in [4.78, 5) is 0. The van der Waals surface area contributed by atoms with Crippen LogP contribution in [-0.4, -0.2) is 20.1 Å². The van der Waals surface area contributed by atoms with Crippen molar-refractivity contribution in [3.63, 3.8) is 0 Å². The third kappa shape index (κ3) is 2.69. The van der Waals surface area contributed by atoms with Crippen LogP contribution in [0.3, 0.4) is 0 Å². The van der Waals surface area contributed by atoms with Crippen LogP contribution in [0, 0.1) is 5.82 Å². The Morgan fingerprint density at radius 1 is 1.14 bits per heavy atom. The van der Waals surface area contributed by atoms with Crippen molar-refractivity contribution in [2.75, 3.05) is 5.32 Å². The second-order valence-electron chi connectivity index (χ2n) is 4.47. The van der Waals surface area contributed by atoms with Crippen molar-refractivity contribution in [1.82, 2.24) is 15.0 Å². The van der Waals surface area contributed by atoms with Gasteiger partial charge in [-0.25, -0.2) is 9.07 Å². The highest BCUT2D eigenvalue weighted by Crippen LogP contribution is 2.24. The molecule has 0 bridgehead atoms. The van der Waals surface area contributed by atoms with Gasteiger partial charge in [-0.05, 0) is 18.2 Å². The first-order valence-electron chi connectivity index (χ1n) is 6.41. The zero-order chi connectivity index (χ0) is 14.7. The topological polar surface area (TPSA) is 63.0 Å². The van der Waals surface area contributed by atoms with Crippen molar-refractivity contribution in [2.24, 2.45) is 0 Å². The molecule has 0 atom stereocenters. The van der Waals surface area contributed by atoms with Gasteiger partial charge in [-0.2, -0.15) is 0 Å². The quantitative estimate of drug-likeness (QED) is 0.773. The Hall–Kier alpha value is -2.89. The van der Waals surface area contributed by atoms with Gasteiger partial charge in [0.05, 0.1) is 23.8 Å². The summed E-state index contributed by atoms with van der Waals surface area (Å²) in [5, 5.41) is 20.6. The van der Waals surface area contributed by atoms with Crippen LogP contribution in [0.25, 0.3) is 5.69 Å². The van der Waals surface area contributed by atoms with Crippen LogP contribution in [0.5, 0.6) is 5.75 Å². The Bertz CT molecular complexity index is 743. The predicted octanol–water partition coefficient (Wildman–Crippen LogP) is 2.72. The van der Waals surface area contributed by atoms with E-state index in [0.29, 0.717) is 12.1 Å². The molecule has 5 nitrogen and oxygen atoms in total. The SMILES string of the molecule is Oc1c(F)cccc1CNc1ccccc1-n1ccnn1. The molecule has 0 unspecified atom stereocenters. The van der Waals surface area contributed by atoms with E-state index in [1.54, 1.807) is 29.2 Å². The first-order valence-corrected chi connectivity index (χ1v) is 6.41. The number of hydrogen-bond donors (Lipinski definition) is 2. The number of phenolic OH excluding ortho intramolecular Hbond substituents is 1. The highest BCUT2D eigenvalue weighted by molar-refractivity contribution is 5.60. The van der Waals surface area contributed by atoms with Crippen molar-refractivity contribution in [3.05, 3.63) is 66.2 Å². The summed E-state index contributed by atoms with van der Waals surface area (Å²) in [6, 6.07) is 12.0. The molecular weight excluding hydrogens is 271 g/mol. The molecule has 21 heavy (non-hydrogen) atoms. The molecule has 0 aliphatic heterocycles. The first-order chi connectivity index (χ1) is 10.3. The highest BCUT2D eigenvalue weighted by atomic mass is 19.1. The predicted molar refractivity (Wildman–Crippen MR) is 76.8 cm³/mol. The van der Waals surface area contributed by atoms with Gasteiger partial charge in [0.15, 0.2) is 11.6 Å². The summed E-state index contributed by atoms with van der Waals surface area (Å²) in [6.45, 7) is 0.301. The molecule has 0 spiro atoms. The van der Waals surface area contributed by atoms with Crippen LogP contribution in [-0.2, 0) is 6.54 Å². The van der Waals surface area contributed by atoms with Gasteiger partial charge in [-0.1, -0.05) is 29.5 Å². The lowest BCUT2D eigenvalue weighted by Gasteiger charge is -2.12. The molecule has 3 rings (SSSR count). The fourth-order valence-corrected chi connectivity index (χ4v) is 2.05. The standard InChI is InChI=1S/C15H13FN4O/c16-12-5-3-4-11(15(12)21)10-17-13-6-1-2-7-14(13)20-9-8-18-19-20/h1-9,17,21H,10H2. The molecule has 1 aromatic heterocycles. The smallest absolute Gasteiger partial charge is 0.165 e. The Balaban J connectivity index is 1.85. The molecule has 0 aliphatic rings. The average molecular weight is 284 g/mol. The Kier molecular flexibility index (Phi) is 3.51. The normalized spacial score (nSPS) is 10.5. The largest absolute Gasteiger partial charge is 0.505 e. The number of nitrogens with zero attached hydrogens (tertiary/aromatic N) is 3. The Labute approximate surface area is 120 Å². The van der Waals surface area contributed by atoms with E-state index in [1.165, 1.54) is 6.07 Å². The summed E-state index contributed by atoms with van der Waals surface area (Å²) < 4.78 is 14.9. The number of halogens is 1. The van der Waals surface area contributed by atoms with Gasteiger partial charge < -0.3 is 10.4 Å². The van der Waals surface area contributed by atoms with Gasteiger partial charge in [-0.15, -0.1) is 5.10 Å². The van der Waals surface area contributed by atoms with E-state index in [1.807, 2.05) is 24.3 Å². The van der Waals surface area contributed by atoms with Crippen LogP contribution in [0.15, 0.2) is 54.9 Å². The fourth-order valence-electron chi connectivity index (χ4n) is 2.05. The van der Waals surface area contributed by atoms with Crippen LogP contribution in [0.4, 0.5) is 10.1 Å². The number of aromatic hydroxyl groups is 1. The zero-order valence-electron chi connectivity index (χ0n) is 11.1. The maximum Gasteiger partial charge on any atom is 0.165 e.